The third kappa shape index (κ3) is 4.25. The number of hydrogen-bond donors (Lipinski definition) is 0. The van der Waals surface area contributed by atoms with E-state index < -0.39 is 0 Å². The normalized spacial score (nSPS) is 11.0. The molecule has 4 nitrogen and oxygen atoms in total. The molecule has 140 valence electrons. The van der Waals surface area contributed by atoms with Crippen molar-refractivity contribution < 1.29 is 9.53 Å². The Bertz CT molecular complexity index is 947. The van der Waals surface area contributed by atoms with E-state index in [1.807, 2.05) is 51.1 Å². The van der Waals surface area contributed by atoms with E-state index >= 15 is 0 Å². The van der Waals surface area contributed by atoms with Crippen LogP contribution in [-0.4, -0.2) is 21.7 Å². The van der Waals surface area contributed by atoms with Gasteiger partial charge in [0.2, 0.25) is 0 Å². The molecule has 0 unspecified atom stereocenters. The van der Waals surface area contributed by atoms with Gasteiger partial charge in [-0.1, -0.05) is 25.1 Å². The summed E-state index contributed by atoms with van der Waals surface area (Å²) in [7, 11) is 0. The highest BCUT2D eigenvalue weighted by Crippen LogP contribution is 2.32. The van der Waals surface area contributed by atoms with Gasteiger partial charge in [-0.2, -0.15) is 4.37 Å². The van der Waals surface area contributed by atoms with Crippen molar-refractivity contribution in [2.24, 2.45) is 0 Å². The molecule has 1 aromatic heterocycles. The molecular weight excluding hydrogens is 356 g/mol. The molecule has 0 bridgehead atoms. The Labute approximate surface area is 164 Å². The van der Waals surface area contributed by atoms with E-state index in [4.69, 9.17) is 9.72 Å². The summed E-state index contributed by atoms with van der Waals surface area (Å²) in [6.07, 6.45) is 2.36. The molecule has 0 atom stereocenters. The molecule has 27 heavy (non-hydrogen) atoms. The van der Waals surface area contributed by atoms with Crippen molar-refractivity contribution in [3.63, 3.8) is 0 Å². The molecule has 5 heteroatoms. The molecule has 0 fully saturated rings. The van der Waals surface area contributed by atoms with E-state index in [-0.39, 0.29) is 6.10 Å². The Balaban J connectivity index is 1.95. The van der Waals surface area contributed by atoms with Crippen molar-refractivity contribution in [2.45, 2.75) is 46.6 Å². The highest BCUT2D eigenvalue weighted by molar-refractivity contribution is 7.09. The Morgan fingerprint density at radius 2 is 2.04 bits per heavy atom. The van der Waals surface area contributed by atoms with Crippen molar-refractivity contribution in [1.29, 1.82) is 0 Å². The summed E-state index contributed by atoms with van der Waals surface area (Å²) in [5.41, 5.74) is 5.32. The molecule has 0 aliphatic heterocycles. The van der Waals surface area contributed by atoms with Crippen LogP contribution in [0.5, 0.6) is 5.75 Å². The van der Waals surface area contributed by atoms with Crippen molar-refractivity contribution in [3.8, 4) is 27.7 Å². The van der Waals surface area contributed by atoms with E-state index in [2.05, 4.69) is 17.4 Å². The summed E-state index contributed by atoms with van der Waals surface area (Å²) in [6, 6.07) is 12.1. The third-order valence-corrected chi connectivity index (χ3v) is 5.15. The lowest BCUT2D eigenvalue weighted by molar-refractivity contribution is -0.107. The third-order valence-electron chi connectivity index (χ3n) is 4.38. The van der Waals surface area contributed by atoms with E-state index in [1.165, 1.54) is 11.5 Å². The smallest absolute Gasteiger partial charge is 0.173 e. The Morgan fingerprint density at radius 1 is 1.22 bits per heavy atom. The van der Waals surface area contributed by atoms with Crippen LogP contribution in [0, 0.1) is 6.92 Å². The van der Waals surface area contributed by atoms with Crippen molar-refractivity contribution in [1.82, 2.24) is 9.36 Å². The van der Waals surface area contributed by atoms with Crippen LogP contribution >= 0.6 is 11.5 Å². The maximum Gasteiger partial charge on any atom is 0.173 e. The molecule has 0 aliphatic rings. The van der Waals surface area contributed by atoms with Crippen molar-refractivity contribution in [3.05, 3.63) is 53.1 Å². The number of aromatic nitrogens is 2. The van der Waals surface area contributed by atoms with Gasteiger partial charge in [0.15, 0.2) is 5.82 Å². The monoisotopic (exact) mass is 380 g/mol. The summed E-state index contributed by atoms with van der Waals surface area (Å²) < 4.78 is 10.4. The second kappa shape index (κ2) is 8.44. The quantitative estimate of drug-likeness (QED) is 0.524. The second-order valence-electron chi connectivity index (χ2n) is 6.74. The average molecular weight is 381 g/mol. The summed E-state index contributed by atoms with van der Waals surface area (Å²) in [6.45, 7) is 8.18. The molecule has 0 amide bonds. The molecule has 0 saturated carbocycles. The highest BCUT2D eigenvalue weighted by atomic mass is 32.1. The van der Waals surface area contributed by atoms with Gasteiger partial charge in [-0.15, -0.1) is 0 Å². The first-order valence-corrected chi connectivity index (χ1v) is 9.97. The number of carbonyl (C=O) groups excluding carboxylic acids is 1. The van der Waals surface area contributed by atoms with Gasteiger partial charge in [-0.05, 0) is 73.6 Å². The Kier molecular flexibility index (Phi) is 6.01. The minimum atomic E-state index is 0.147. The van der Waals surface area contributed by atoms with Crippen LogP contribution < -0.4 is 4.74 Å². The van der Waals surface area contributed by atoms with Crippen LogP contribution in [0.15, 0.2) is 36.4 Å². The van der Waals surface area contributed by atoms with E-state index in [0.717, 1.165) is 57.1 Å². The molecule has 0 aliphatic carbocycles. The van der Waals surface area contributed by atoms with E-state index in [0.29, 0.717) is 6.42 Å². The van der Waals surface area contributed by atoms with Crippen LogP contribution in [0.3, 0.4) is 0 Å². The van der Waals surface area contributed by atoms with Crippen molar-refractivity contribution >= 4 is 17.8 Å². The lowest BCUT2D eigenvalue weighted by Gasteiger charge is -2.12. The fraction of sp³-hybridized carbons (Fsp3) is 0.318. The van der Waals surface area contributed by atoms with Gasteiger partial charge in [0.1, 0.15) is 17.0 Å². The van der Waals surface area contributed by atoms with E-state index in [9.17, 15) is 4.79 Å². The topological polar surface area (TPSA) is 52.1 Å². The van der Waals surface area contributed by atoms with Gasteiger partial charge in [0.05, 0.1) is 6.10 Å². The fourth-order valence-corrected chi connectivity index (χ4v) is 3.83. The Hall–Kier alpha value is -2.53. The molecule has 3 rings (SSSR count). The zero-order chi connectivity index (χ0) is 19.4. The maximum absolute atomic E-state index is 11.0. The minimum Gasteiger partial charge on any atom is -0.491 e. The summed E-state index contributed by atoms with van der Waals surface area (Å²) >= 11 is 1.39. The van der Waals surface area contributed by atoms with Crippen LogP contribution in [-0.2, 0) is 17.6 Å². The number of rotatable bonds is 7. The number of aldehydes is 1. The lowest BCUT2D eigenvalue weighted by atomic mass is 9.96. The average Bonchev–Trinajstić information content (AvgIpc) is 3.13. The van der Waals surface area contributed by atoms with Crippen molar-refractivity contribution in [2.75, 3.05) is 0 Å². The van der Waals surface area contributed by atoms with Gasteiger partial charge in [-0.3, -0.25) is 0 Å². The van der Waals surface area contributed by atoms with Crippen LogP contribution in [0.4, 0.5) is 0 Å². The van der Waals surface area contributed by atoms with Gasteiger partial charge in [-0.25, -0.2) is 4.98 Å². The molecule has 0 saturated heterocycles. The van der Waals surface area contributed by atoms with Crippen LogP contribution in [0.1, 0.15) is 37.5 Å². The number of nitrogens with zero attached hydrogens (tertiary/aromatic N) is 2. The van der Waals surface area contributed by atoms with Gasteiger partial charge in [0, 0.05) is 17.5 Å². The largest absolute Gasteiger partial charge is 0.491 e. The summed E-state index contributed by atoms with van der Waals surface area (Å²) in [5.74, 6) is 1.62. The SMILES string of the molecule is CCc1c(CC=O)cccc1-c1nsc(-c2ccc(OC(C)C)c(C)c2)n1. The summed E-state index contributed by atoms with van der Waals surface area (Å²) in [4.78, 5) is 15.7. The number of hydrogen-bond acceptors (Lipinski definition) is 5. The first-order valence-electron chi connectivity index (χ1n) is 9.19. The minimum absolute atomic E-state index is 0.147. The second-order valence-corrected chi connectivity index (χ2v) is 7.49. The Morgan fingerprint density at radius 3 is 2.70 bits per heavy atom. The zero-order valence-corrected chi connectivity index (χ0v) is 17.0. The molecule has 1 heterocycles. The molecule has 0 N–H and O–H groups in total. The maximum atomic E-state index is 11.0. The predicted octanol–water partition coefficient (Wildman–Crippen LogP) is 5.27. The molecular formula is C22H24N2O2S. The standard InChI is InChI=1S/C22H24N2O2S/c1-5-18-16(11-12-25)7-6-8-19(18)21-23-22(27-24-21)17-9-10-20(15(4)13-17)26-14(2)3/h6-10,12-14H,5,11H2,1-4H3. The molecule has 0 radical (unpaired) electrons. The number of ether oxygens (including phenoxy) is 1. The zero-order valence-electron chi connectivity index (χ0n) is 16.2. The predicted molar refractivity (Wildman–Crippen MR) is 110 cm³/mol. The molecule has 0 spiro atoms. The number of benzene rings is 2. The number of aryl methyl sites for hydroxylation is 1. The summed E-state index contributed by atoms with van der Waals surface area (Å²) in [5, 5.41) is 0.882. The number of carbonyl (C=O) groups is 1. The first kappa shape index (κ1) is 19.2. The van der Waals surface area contributed by atoms with Gasteiger partial charge < -0.3 is 9.53 Å². The highest BCUT2D eigenvalue weighted by Gasteiger charge is 2.15. The van der Waals surface area contributed by atoms with Crippen LogP contribution in [0.2, 0.25) is 0 Å². The van der Waals surface area contributed by atoms with Crippen LogP contribution in [0.25, 0.3) is 22.0 Å². The lowest BCUT2D eigenvalue weighted by Crippen LogP contribution is -2.06. The fourth-order valence-electron chi connectivity index (χ4n) is 3.16. The van der Waals surface area contributed by atoms with Gasteiger partial charge in [0.25, 0.3) is 0 Å². The molecule has 3 aromatic rings. The first-order chi connectivity index (χ1) is 13.0. The van der Waals surface area contributed by atoms with Gasteiger partial charge >= 0.3 is 0 Å². The van der Waals surface area contributed by atoms with E-state index in [1.54, 1.807) is 0 Å². The molecule has 2 aromatic carbocycles.